The van der Waals surface area contributed by atoms with Crippen LogP contribution in [0.4, 0.5) is 0 Å². The summed E-state index contributed by atoms with van der Waals surface area (Å²) in [5.74, 6) is 0.784. The molecular weight excluding hydrogens is 440 g/mol. The van der Waals surface area contributed by atoms with Crippen molar-refractivity contribution in [3.63, 3.8) is 0 Å². The minimum absolute atomic E-state index is 0.0178. The number of halogens is 1. The van der Waals surface area contributed by atoms with E-state index >= 15 is 0 Å². The molecule has 7 heteroatoms. The molecule has 3 heterocycles. The zero-order valence-corrected chi connectivity index (χ0v) is 20.5. The van der Waals surface area contributed by atoms with Crippen LogP contribution in [0, 0.1) is 13.8 Å². The molecular formula is C25H29ClN4OS. The molecule has 1 saturated heterocycles. The molecule has 1 N–H and O–H groups in total. The molecule has 168 valence electrons. The SMILES string of the molecule is CCCCN1C(=S)N[C@H](c2ccccn2)[C@H]1c1cc(C)n(-c2cc(Cl)ccc2OC)c1C. The van der Waals surface area contributed by atoms with Gasteiger partial charge >= 0.3 is 0 Å². The lowest BCUT2D eigenvalue weighted by atomic mass is 9.96. The van der Waals surface area contributed by atoms with Crippen LogP contribution in [0.2, 0.25) is 5.02 Å². The number of rotatable bonds is 7. The topological polar surface area (TPSA) is 42.3 Å². The predicted molar refractivity (Wildman–Crippen MR) is 134 cm³/mol. The Labute approximate surface area is 200 Å². The van der Waals surface area contributed by atoms with Crippen molar-refractivity contribution >= 4 is 28.9 Å². The number of nitrogens with zero attached hydrogens (tertiary/aromatic N) is 3. The molecule has 1 fully saturated rings. The Balaban J connectivity index is 1.85. The number of thiocarbonyl (C=S) groups is 1. The van der Waals surface area contributed by atoms with Gasteiger partial charge in [0, 0.05) is 29.2 Å². The monoisotopic (exact) mass is 468 g/mol. The van der Waals surface area contributed by atoms with Gasteiger partial charge in [-0.05, 0) is 74.4 Å². The Kier molecular flexibility index (Phi) is 6.72. The maximum atomic E-state index is 6.35. The molecule has 0 bridgehead atoms. The van der Waals surface area contributed by atoms with Gasteiger partial charge in [0.25, 0.3) is 0 Å². The highest BCUT2D eigenvalue weighted by molar-refractivity contribution is 7.80. The molecule has 5 nitrogen and oxygen atoms in total. The van der Waals surface area contributed by atoms with E-state index in [1.165, 1.54) is 5.56 Å². The van der Waals surface area contributed by atoms with E-state index in [9.17, 15) is 0 Å². The Hall–Kier alpha value is -2.57. The molecule has 0 aliphatic carbocycles. The fourth-order valence-electron chi connectivity index (χ4n) is 4.61. The van der Waals surface area contributed by atoms with Crippen LogP contribution in [0.1, 0.15) is 54.5 Å². The quantitative estimate of drug-likeness (QED) is 0.435. The lowest BCUT2D eigenvalue weighted by Gasteiger charge is -2.28. The van der Waals surface area contributed by atoms with Gasteiger partial charge in [0.15, 0.2) is 5.11 Å². The van der Waals surface area contributed by atoms with Gasteiger partial charge in [0.2, 0.25) is 0 Å². The first-order chi connectivity index (χ1) is 15.5. The summed E-state index contributed by atoms with van der Waals surface area (Å²) in [5.41, 5.74) is 5.41. The van der Waals surface area contributed by atoms with E-state index in [0.717, 1.165) is 53.0 Å². The number of ether oxygens (including phenoxy) is 1. The third-order valence-electron chi connectivity index (χ3n) is 6.12. The molecule has 4 rings (SSSR count). The first kappa shape index (κ1) is 22.6. The van der Waals surface area contributed by atoms with Crippen LogP contribution >= 0.6 is 23.8 Å². The minimum Gasteiger partial charge on any atom is -0.495 e. The van der Waals surface area contributed by atoms with Crippen molar-refractivity contribution in [1.82, 2.24) is 19.8 Å². The van der Waals surface area contributed by atoms with Crippen molar-refractivity contribution in [1.29, 1.82) is 0 Å². The van der Waals surface area contributed by atoms with Gasteiger partial charge in [-0.2, -0.15) is 0 Å². The average molecular weight is 469 g/mol. The first-order valence-corrected chi connectivity index (χ1v) is 11.8. The number of aryl methyl sites for hydroxylation is 1. The van der Waals surface area contributed by atoms with Gasteiger partial charge in [-0.15, -0.1) is 0 Å². The van der Waals surface area contributed by atoms with Crippen LogP contribution < -0.4 is 10.1 Å². The van der Waals surface area contributed by atoms with E-state index in [4.69, 9.17) is 28.6 Å². The van der Waals surface area contributed by atoms with Crippen LogP contribution in [0.3, 0.4) is 0 Å². The van der Waals surface area contributed by atoms with Gasteiger partial charge in [0.1, 0.15) is 5.75 Å². The number of hydrogen-bond donors (Lipinski definition) is 1. The number of nitrogens with one attached hydrogen (secondary N) is 1. The first-order valence-electron chi connectivity index (χ1n) is 11.0. The van der Waals surface area contributed by atoms with Crippen LogP contribution in [0.25, 0.3) is 5.69 Å². The Bertz CT molecular complexity index is 1110. The van der Waals surface area contributed by atoms with E-state index in [1.54, 1.807) is 7.11 Å². The second-order valence-corrected chi connectivity index (χ2v) is 8.97. The molecule has 3 aromatic rings. The van der Waals surface area contributed by atoms with Crippen molar-refractivity contribution in [2.75, 3.05) is 13.7 Å². The van der Waals surface area contributed by atoms with Gasteiger partial charge < -0.3 is 19.5 Å². The highest BCUT2D eigenvalue weighted by atomic mass is 35.5. The fourth-order valence-corrected chi connectivity index (χ4v) is 5.11. The van der Waals surface area contributed by atoms with Crippen molar-refractivity contribution in [2.24, 2.45) is 0 Å². The summed E-state index contributed by atoms with van der Waals surface area (Å²) < 4.78 is 7.87. The molecule has 2 aromatic heterocycles. The summed E-state index contributed by atoms with van der Waals surface area (Å²) >= 11 is 12.1. The molecule has 0 radical (unpaired) electrons. The number of aromatic nitrogens is 2. The van der Waals surface area contributed by atoms with Gasteiger partial charge in [0.05, 0.1) is 30.6 Å². The average Bonchev–Trinajstić information content (AvgIpc) is 3.27. The number of methoxy groups -OCH3 is 1. The summed E-state index contributed by atoms with van der Waals surface area (Å²) in [6.45, 7) is 7.37. The third kappa shape index (κ3) is 4.09. The molecule has 0 spiro atoms. The lowest BCUT2D eigenvalue weighted by Crippen LogP contribution is -2.30. The number of hydrogen-bond acceptors (Lipinski definition) is 3. The molecule has 0 saturated carbocycles. The van der Waals surface area contributed by atoms with Gasteiger partial charge in [-0.3, -0.25) is 4.98 Å². The number of benzene rings is 1. The van der Waals surface area contributed by atoms with Crippen LogP contribution in [-0.2, 0) is 0 Å². The van der Waals surface area contributed by atoms with Gasteiger partial charge in [-0.25, -0.2) is 0 Å². The molecule has 0 unspecified atom stereocenters. The number of unbranched alkanes of at least 4 members (excludes halogenated alkanes) is 1. The maximum Gasteiger partial charge on any atom is 0.170 e. The Morgan fingerprint density at radius 2 is 2.00 bits per heavy atom. The summed E-state index contributed by atoms with van der Waals surface area (Å²) in [6.07, 6.45) is 4.03. The highest BCUT2D eigenvalue weighted by Crippen LogP contribution is 2.42. The molecule has 1 aliphatic rings. The van der Waals surface area contributed by atoms with Crippen LogP contribution in [0.5, 0.6) is 5.75 Å². The minimum atomic E-state index is -0.0178. The number of pyridine rings is 1. The Morgan fingerprint density at radius 1 is 1.19 bits per heavy atom. The van der Waals surface area contributed by atoms with Crippen molar-refractivity contribution in [2.45, 2.75) is 45.7 Å². The largest absolute Gasteiger partial charge is 0.495 e. The molecule has 2 atom stereocenters. The fraction of sp³-hybridized carbons (Fsp3) is 0.360. The summed E-state index contributed by atoms with van der Waals surface area (Å²) in [5, 5.41) is 5.00. The van der Waals surface area contributed by atoms with E-state index in [0.29, 0.717) is 5.02 Å². The second-order valence-electron chi connectivity index (χ2n) is 8.15. The standard InChI is InChI=1S/C25H29ClN4OS/c1-5-6-13-29-24(23(28-25(29)32)20-9-7-8-12-27-20)19-14-16(2)30(17(19)3)21-15-18(26)10-11-22(21)31-4/h7-12,14-15,23-24H,5-6,13H2,1-4H3,(H,28,32)/t23-,24-/m1/s1. The van der Waals surface area contributed by atoms with E-state index < -0.39 is 0 Å². The van der Waals surface area contributed by atoms with Gasteiger partial charge in [-0.1, -0.05) is 31.0 Å². The maximum absolute atomic E-state index is 6.35. The van der Waals surface area contributed by atoms with E-state index in [2.05, 4.69) is 52.7 Å². The van der Waals surface area contributed by atoms with Crippen LogP contribution in [-0.4, -0.2) is 33.2 Å². The summed E-state index contributed by atoms with van der Waals surface area (Å²) in [6, 6.07) is 14.0. The Morgan fingerprint density at radius 3 is 2.69 bits per heavy atom. The van der Waals surface area contributed by atoms with Crippen molar-refractivity contribution in [3.05, 3.63) is 76.3 Å². The van der Waals surface area contributed by atoms with E-state index in [1.807, 2.05) is 36.5 Å². The second kappa shape index (κ2) is 9.51. The van der Waals surface area contributed by atoms with E-state index in [-0.39, 0.29) is 12.1 Å². The molecule has 0 amide bonds. The highest BCUT2D eigenvalue weighted by Gasteiger charge is 2.41. The summed E-state index contributed by atoms with van der Waals surface area (Å²) in [4.78, 5) is 6.97. The normalized spacial score (nSPS) is 18.2. The van der Waals surface area contributed by atoms with Crippen molar-refractivity contribution < 1.29 is 4.74 Å². The van der Waals surface area contributed by atoms with Crippen molar-refractivity contribution in [3.8, 4) is 11.4 Å². The predicted octanol–water partition coefficient (Wildman–Crippen LogP) is 5.92. The zero-order chi connectivity index (χ0) is 22.8. The zero-order valence-electron chi connectivity index (χ0n) is 18.9. The lowest BCUT2D eigenvalue weighted by molar-refractivity contribution is 0.312. The smallest absolute Gasteiger partial charge is 0.170 e. The van der Waals surface area contributed by atoms with Crippen LogP contribution in [0.15, 0.2) is 48.7 Å². The molecule has 32 heavy (non-hydrogen) atoms. The summed E-state index contributed by atoms with van der Waals surface area (Å²) in [7, 11) is 1.69. The molecule has 1 aliphatic heterocycles. The third-order valence-corrected chi connectivity index (χ3v) is 6.71. The molecule has 1 aromatic carbocycles.